The van der Waals surface area contributed by atoms with Gasteiger partial charge < -0.3 is 13.8 Å². The zero-order chi connectivity index (χ0) is 19.1. The van der Waals surface area contributed by atoms with E-state index in [1.165, 1.54) is 0 Å². The lowest BCUT2D eigenvalue weighted by molar-refractivity contribution is 0.0527. The maximum absolute atomic E-state index is 13.8. The first-order chi connectivity index (χ1) is 13.1. The fourth-order valence-corrected chi connectivity index (χ4v) is 4.21. The van der Waals surface area contributed by atoms with Crippen LogP contribution in [0.5, 0.6) is 11.5 Å². The van der Waals surface area contributed by atoms with E-state index in [-0.39, 0.29) is 17.5 Å². The minimum atomic E-state index is -3.93. The molecule has 0 aliphatic heterocycles. The van der Waals surface area contributed by atoms with E-state index in [4.69, 9.17) is 13.8 Å². The highest BCUT2D eigenvalue weighted by Gasteiger charge is 2.36. The zero-order valence-corrected chi connectivity index (χ0v) is 15.7. The monoisotopic (exact) mass is 382 g/mol. The average molecular weight is 382 g/mol. The second kappa shape index (κ2) is 8.56. The number of hydrogen-bond donors (Lipinski definition) is 0. The molecule has 3 aromatic rings. The highest BCUT2D eigenvalue weighted by molar-refractivity contribution is 7.63. The van der Waals surface area contributed by atoms with E-state index >= 15 is 0 Å². The lowest BCUT2D eigenvalue weighted by atomic mass is 10.2. The number of esters is 1. The van der Waals surface area contributed by atoms with Gasteiger partial charge in [-0.3, -0.25) is 0 Å². The van der Waals surface area contributed by atoms with Crippen molar-refractivity contribution in [2.75, 3.05) is 6.61 Å². The van der Waals surface area contributed by atoms with Gasteiger partial charge in [0.2, 0.25) is 0 Å². The summed E-state index contributed by atoms with van der Waals surface area (Å²) in [5, 5.41) is 0.149. The van der Waals surface area contributed by atoms with Gasteiger partial charge in [-0.2, -0.15) is 0 Å². The number of rotatable bonds is 7. The molecule has 0 amide bonds. The molecule has 5 nitrogen and oxygen atoms in total. The second-order valence-electron chi connectivity index (χ2n) is 5.54. The molecular formula is C21H19O5P. The van der Waals surface area contributed by atoms with E-state index in [1.54, 1.807) is 79.7 Å². The number of carbonyl (C=O) groups excluding carboxylic acids is 1. The van der Waals surface area contributed by atoms with Gasteiger partial charge in [0.1, 0.15) is 16.8 Å². The van der Waals surface area contributed by atoms with Crippen LogP contribution in [-0.4, -0.2) is 12.6 Å². The van der Waals surface area contributed by atoms with Gasteiger partial charge in [-0.15, -0.1) is 0 Å². The molecular weight excluding hydrogens is 363 g/mol. The Morgan fingerprint density at radius 3 is 1.78 bits per heavy atom. The van der Waals surface area contributed by atoms with Crippen LogP contribution in [0.4, 0.5) is 0 Å². The van der Waals surface area contributed by atoms with Gasteiger partial charge in [0, 0.05) is 0 Å². The van der Waals surface area contributed by atoms with Crippen molar-refractivity contribution < 1.29 is 23.1 Å². The van der Waals surface area contributed by atoms with Crippen LogP contribution < -0.4 is 14.4 Å². The maximum Gasteiger partial charge on any atom is 0.463 e. The summed E-state index contributed by atoms with van der Waals surface area (Å²) in [5.74, 6) is 0.160. The normalized spacial score (nSPS) is 10.9. The predicted molar refractivity (Wildman–Crippen MR) is 104 cm³/mol. The Kier molecular flexibility index (Phi) is 5.94. The highest BCUT2D eigenvalue weighted by Crippen LogP contribution is 2.48. The molecule has 3 aromatic carbocycles. The Balaban J connectivity index is 2.07. The molecule has 0 N–H and O–H groups in total. The molecule has 0 radical (unpaired) electrons. The molecule has 0 saturated heterocycles. The van der Waals surface area contributed by atoms with Crippen molar-refractivity contribution in [2.24, 2.45) is 0 Å². The molecule has 0 aliphatic carbocycles. The van der Waals surface area contributed by atoms with E-state index in [0.717, 1.165) is 0 Å². The molecule has 3 rings (SSSR count). The van der Waals surface area contributed by atoms with Gasteiger partial charge in [0.05, 0.1) is 12.2 Å². The third-order valence-electron chi connectivity index (χ3n) is 3.63. The molecule has 0 fully saturated rings. The van der Waals surface area contributed by atoms with Crippen LogP contribution in [0.1, 0.15) is 17.3 Å². The minimum absolute atomic E-state index is 0.148. The number of benzene rings is 3. The molecule has 0 aromatic heterocycles. The Bertz CT molecular complexity index is 896. The highest BCUT2D eigenvalue weighted by atomic mass is 31.2. The van der Waals surface area contributed by atoms with E-state index < -0.39 is 13.6 Å². The zero-order valence-electron chi connectivity index (χ0n) is 14.8. The fraction of sp³-hybridized carbons (Fsp3) is 0.0952. The molecule has 0 unspecified atom stereocenters. The first kappa shape index (κ1) is 18.7. The largest absolute Gasteiger partial charge is 0.463 e. The maximum atomic E-state index is 13.8. The van der Waals surface area contributed by atoms with Crippen molar-refractivity contribution in [1.29, 1.82) is 0 Å². The second-order valence-corrected chi connectivity index (χ2v) is 7.39. The molecule has 138 valence electrons. The van der Waals surface area contributed by atoms with Crippen molar-refractivity contribution in [2.45, 2.75) is 6.92 Å². The summed E-state index contributed by atoms with van der Waals surface area (Å²) in [4.78, 5) is 12.4. The van der Waals surface area contributed by atoms with E-state index in [0.29, 0.717) is 11.5 Å². The van der Waals surface area contributed by atoms with Crippen molar-refractivity contribution in [1.82, 2.24) is 0 Å². The van der Waals surface area contributed by atoms with Gasteiger partial charge in [0.15, 0.2) is 0 Å². The van der Waals surface area contributed by atoms with Gasteiger partial charge in [-0.25, -0.2) is 9.36 Å². The third-order valence-corrected chi connectivity index (χ3v) is 5.51. The van der Waals surface area contributed by atoms with Crippen LogP contribution in [0.3, 0.4) is 0 Å². The molecule has 27 heavy (non-hydrogen) atoms. The number of ether oxygens (including phenoxy) is 1. The molecule has 6 heteroatoms. The van der Waals surface area contributed by atoms with Gasteiger partial charge in [-0.05, 0) is 43.3 Å². The molecule has 0 aliphatic rings. The summed E-state index contributed by atoms with van der Waals surface area (Å²) in [7, 11) is -3.93. The lowest BCUT2D eigenvalue weighted by Gasteiger charge is -2.21. The summed E-state index contributed by atoms with van der Waals surface area (Å²) < 4.78 is 30.5. The smallest absolute Gasteiger partial charge is 0.462 e. The van der Waals surface area contributed by atoms with E-state index in [9.17, 15) is 9.36 Å². The van der Waals surface area contributed by atoms with Gasteiger partial charge >= 0.3 is 13.6 Å². The van der Waals surface area contributed by atoms with Gasteiger partial charge in [-0.1, -0.05) is 48.5 Å². The van der Waals surface area contributed by atoms with Crippen LogP contribution in [0.25, 0.3) is 0 Å². The SMILES string of the molecule is CCOC(=O)c1ccccc1P(=O)(Oc1ccccc1)Oc1ccccc1. The molecule has 0 heterocycles. The topological polar surface area (TPSA) is 61.8 Å². The molecule has 0 atom stereocenters. The third kappa shape index (κ3) is 4.57. The van der Waals surface area contributed by atoms with Gasteiger partial charge in [0.25, 0.3) is 0 Å². The number of carbonyl (C=O) groups is 1. The number of para-hydroxylation sites is 2. The van der Waals surface area contributed by atoms with Crippen LogP contribution in [0.15, 0.2) is 84.9 Å². The van der Waals surface area contributed by atoms with Crippen LogP contribution in [-0.2, 0) is 9.30 Å². The Labute approximate surface area is 158 Å². The van der Waals surface area contributed by atoms with Crippen molar-refractivity contribution in [3.8, 4) is 11.5 Å². The minimum Gasteiger partial charge on any atom is -0.462 e. The Hall–Kier alpha value is -3.04. The Morgan fingerprint density at radius 1 is 0.778 bits per heavy atom. The Morgan fingerprint density at radius 2 is 1.26 bits per heavy atom. The summed E-state index contributed by atoms with van der Waals surface area (Å²) in [6.07, 6.45) is 0. The first-order valence-corrected chi connectivity index (χ1v) is 10.0. The standard InChI is InChI=1S/C21H19O5P/c1-2-24-21(22)19-15-9-10-16-20(19)27(23,25-17-11-5-3-6-12-17)26-18-13-7-4-8-14-18/h3-16H,2H2,1H3. The molecule has 0 bridgehead atoms. The average Bonchev–Trinajstić information content (AvgIpc) is 2.69. The predicted octanol–water partition coefficient (Wildman–Crippen LogP) is 4.84. The number of hydrogen-bond acceptors (Lipinski definition) is 5. The van der Waals surface area contributed by atoms with Crippen LogP contribution >= 0.6 is 7.60 Å². The van der Waals surface area contributed by atoms with Crippen molar-refractivity contribution in [3.63, 3.8) is 0 Å². The molecule has 0 saturated carbocycles. The van der Waals surface area contributed by atoms with Crippen LogP contribution in [0, 0.1) is 0 Å². The summed E-state index contributed by atoms with van der Waals surface area (Å²) in [6.45, 7) is 1.91. The summed E-state index contributed by atoms with van der Waals surface area (Å²) >= 11 is 0. The van der Waals surface area contributed by atoms with Crippen molar-refractivity contribution in [3.05, 3.63) is 90.5 Å². The summed E-state index contributed by atoms with van der Waals surface area (Å²) in [5.41, 5.74) is 0.148. The lowest BCUT2D eigenvalue weighted by Crippen LogP contribution is -2.23. The van der Waals surface area contributed by atoms with E-state index in [2.05, 4.69) is 0 Å². The summed E-state index contributed by atoms with van der Waals surface area (Å²) in [6, 6.07) is 23.8. The first-order valence-electron chi connectivity index (χ1n) is 8.48. The van der Waals surface area contributed by atoms with Crippen LogP contribution in [0.2, 0.25) is 0 Å². The fourth-order valence-electron chi connectivity index (χ4n) is 2.45. The van der Waals surface area contributed by atoms with E-state index in [1.807, 2.05) is 12.1 Å². The van der Waals surface area contributed by atoms with Crippen molar-refractivity contribution >= 4 is 18.9 Å². The molecule has 0 spiro atoms. The quantitative estimate of drug-likeness (QED) is 0.432.